The Kier molecular flexibility index (Phi) is 3.78. The molecule has 0 aliphatic heterocycles. The van der Waals surface area contributed by atoms with Gasteiger partial charge < -0.3 is 0 Å². The highest BCUT2D eigenvalue weighted by molar-refractivity contribution is 7.17. The first-order valence-corrected chi connectivity index (χ1v) is 7.49. The normalized spacial score (nSPS) is 12.7. The number of pyridine rings is 1. The molecule has 3 nitrogen and oxygen atoms in total. The molecule has 0 aliphatic carbocycles. The van der Waals surface area contributed by atoms with Crippen molar-refractivity contribution in [2.45, 2.75) is 19.4 Å². The van der Waals surface area contributed by atoms with Crippen LogP contribution in [-0.4, -0.2) is 4.98 Å². The van der Waals surface area contributed by atoms with Crippen LogP contribution in [0.25, 0.3) is 10.2 Å². The van der Waals surface area contributed by atoms with E-state index >= 15 is 0 Å². The lowest BCUT2D eigenvalue weighted by molar-refractivity contribution is 0.551. The van der Waals surface area contributed by atoms with Crippen LogP contribution in [0.4, 0.5) is 0 Å². The second kappa shape index (κ2) is 5.71. The van der Waals surface area contributed by atoms with Gasteiger partial charge in [-0.15, -0.1) is 11.3 Å². The van der Waals surface area contributed by atoms with Gasteiger partial charge in [0.1, 0.15) is 0 Å². The largest absolute Gasteiger partial charge is 0.271 e. The summed E-state index contributed by atoms with van der Waals surface area (Å²) in [4.78, 5) is 4.48. The Morgan fingerprint density at radius 2 is 2.05 bits per heavy atom. The first kappa shape index (κ1) is 13.2. The van der Waals surface area contributed by atoms with Crippen LogP contribution in [0.3, 0.4) is 0 Å². The number of thiophene rings is 1. The predicted octanol–water partition coefficient (Wildman–Crippen LogP) is 3.35. The van der Waals surface area contributed by atoms with Crippen LogP contribution >= 0.6 is 11.3 Å². The number of fused-ring (bicyclic) bond motifs is 1. The van der Waals surface area contributed by atoms with Gasteiger partial charge in [-0.2, -0.15) is 0 Å². The van der Waals surface area contributed by atoms with Gasteiger partial charge in [0.15, 0.2) is 0 Å². The standard InChI is InChI=1S/C16H17N3S/c1-11-2-4-12(5-3-11)8-15(19-17)13-9-16-14(18-10-13)6-7-20-16/h2-7,9-10,15,19H,8,17H2,1H3. The number of benzene rings is 1. The predicted molar refractivity (Wildman–Crippen MR) is 84.6 cm³/mol. The maximum atomic E-state index is 5.73. The van der Waals surface area contributed by atoms with Gasteiger partial charge >= 0.3 is 0 Å². The van der Waals surface area contributed by atoms with Crippen molar-refractivity contribution < 1.29 is 0 Å². The number of rotatable bonds is 4. The fraction of sp³-hybridized carbons (Fsp3) is 0.188. The van der Waals surface area contributed by atoms with Gasteiger partial charge in [-0.05, 0) is 42.0 Å². The van der Waals surface area contributed by atoms with E-state index in [1.165, 1.54) is 15.8 Å². The molecule has 2 aromatic heterocycles. The Bertz CT molecular complexity index is 703. The molecular weight excluding hydrogens is 266 g/mol. The number of nitrogens with one attached hydrogen (secondary N) is 1. The third-order valence-electron chi connectivity index (χ3n) is 3.49. The SMILES string of the molecule is Cc1ccc(CC(NN)c2cnc3ccsc3c2)cc1. The highest BCUT2D eigenvalue weighted by Crippen LogP contribution is 2.24. The van der Waals surface area contributed by atoms with Crippen LogP contribution < -0.4 is 11.3 Å². The van der Waals surface area contributed by atoms with E-state index in [1.54, 1.807) is 11.3 Å². The van der Waals surface area contributed by atoms with E-state index in [9.17, 15) is 0 Å². The third-order valence-corrected chi connectivity index (χ3v) is 4.34. The molecule has 2 heterocycles. The molecule has 3 N–H and O–H groups in total. The molecule has 4 heteroatoms. The first-order valence-electron chi connectivity index (χ1n) is 6.61. The molecule has 0 saturated heterocycles. The molecule has 0 aliphatic rings. The molecular formula is C16H17N3S. The summed E-state index contributed by atoms with van der Waals surface area (Å²) in [6, 6.07) is 12.8. The number of hydrogen-bond acceptors (Lipinski definition) is 4. The Morgan fingerprint density at radius 3 is 2.80 bits per heavy atom. The van der Waals surface area contributed by atoms with E-state index in [-0.39, 0.29) is 6.04 Å². The summed E-state index contributed by atoms with van der Waals surface area (Å²) in [5, 5.41) is 2.06. The van der Waals surface area contributed by atoms with Gasteiger partial charge in [-0.1, -0.05) is 29.8 Å². The van der Waals surface area contributed by atoms with E-state index in [1.807, 2.05) is 12.3 Å². The molecule has 102 valence electrons. The molecule has 3 aromatic rings. The number of hydrogen-bond donors (Lipinski definition) is 2. The number of nitrogens with zero attached hydrogens (tertiary/aromatic N) is 1. The maximum absolute atomic E-state index is 5.73. The lowest BCUT2D eigenvalue weighted by Gasteiger charge is -2.16. The minimum Gasteiger partial charge on any atom is -0.271 e. The molecule has 0 radical (unpaired) electrons. The van der Waals surface area contributed by atoms with Crippen molar-refractivity contribution in [3.8, 4) is 0 Å². The average molecular weight is 283 g/mol. The van der Waals surface area contributed by atoms with E-state index in [0.29, 0.717) is 0 Å². The monoisotopic (exact) mass is 283 g/mol. The molecule has 1 aromatic carbocycles. The topological polar surface area (TPSA) is 50.9 Å². The summed E-state index contributed by atoms with van der Waals surface area (Å²) in [5.41, 5.74) is 7.62. The van der Waals surface area contributed by atoms with Crippen molar-refractivity contribution in [2.75, 3.05) is 0 Å². The number of hydrazine groups is 1. The van der Waals surface area contributed by atoms with Crippen LogP contribution in [-0.2, 0) is 6.42 Å². The van der Waals surface area contributed by atoms with Gasteiger partial charge in [0, 0.05) is 6.20 Å². The van der Waals surface area contributed by atoms with E-state index in [0.717, 1.165) is 17.5 Å². The minimum atomic E-state index is 0.0803. The van der Waals surface area contributed by atoms with Gasteiger partial charge in [-0.3, -0.25) is 16.3 Å². The van der Waals surface area contributed by atoms with Crippen LogP contribution in [0, 0.1) is 6.92 Å². The van der Waals surface area contributed by atoms with Gasteiger partial charge in [-0.25, -0.2) is 0 Å². The van der Waals surface area contributed by atoms with Crippen LogP contribution in [0.5, 0.6) is 0 Å². The number of aryl methyl sites for hydroxylation is 1. The third kappa shape index (κ3) is 2.72. The smallest absolute Gasteiger partial charge is 0.0809 e. The molecule has 0 saturated carbocycles. The zero-order chi connectivity index (χ0) is 13.9. The van der Waals surface area contributed by atoms with E-state index < -0.39 is 0 Å². The summed E-state index contributed by atoms with van der Waals surface area (Å²) in [6.07, 6.45) is 2.77. The molecule has 1 unspecified atom stereocenters. The van der Waals surface area contributed by atoms with Crippen molar-refractivity contribution in [1.82, 2.24) is 10.4 Å². The summed E-state index contributed by atoms with van der Waals surface area (Å²) >= 11 is 1.71. The molecule has 0 fully saturated rings. The lowest BCUT2D eigenvalue weighted by atomic mass is 10.00. The molecule has 0 bridgehead atoms. The average Bonchev–Trinajstić information content (AvgIpc) is 2.94. The molecule has 0 spiro atoms. The Balaban J connectivity index is 1.86. The Morgan fingerprint density at radius 1 is 1.25 bits per heavy atom. The number of aromatic nitrogens is 1. The van der Waals surface area contributed by atoms with Gasteiger partial charge in [0.25, 0.3) is 0 Å². The van der Waals surface area contributed by atoms with Crippen molar-refractivity contribution >= 4 is 21.6 Å². The zero-order valence-corrected chi connectivity index (χ0v) is 12.2. The fourth-order valence-electron chi connectivity index (χ4n) is 2.29. The summed E-state index contributed by atoms with van der Waals surface area (Å²) in [6.45, 7) is 2.09. The van der Waals surface area contributed by atoms with Crippen molar-refractivity contribution in [3.05, 3.63) is 64.7 Å². The summed E-state index contributed by atoms with van der Waals surface area (Å²) in [5.74, 6) is 5.73. The highest BCUT2D eigenvalue weighted by Gasteiger charge is 2.12. The van der Waals surface area contributed by atoms with Crippen molar-refractivity contribution in [3.63, 3.8) is 0 Å². The second-order valence-corrected chi connectivity index (χ2v) is 5.93. The Labute approximate surface area is 122 Å². The fourth-order valence-corrected chi connectivity index (χ4v) is 3.07. The summed E-state index contributed by atoms with van der Waals surface area (Å²) < 4.78 is 1.20. The van der Waals surface area contributed by atoms with Gasteiger partial charge in [0.05, 0.1) is 16.3 Å². The lowest BCUT2D eigenvalue weighted by Crippen LogP contribution is -2.29. The molecule has 1 atom stereocenters. The highest BCUT2D eigenvalue weighted by atomic mass is 32.1. The second-order valence-electron chi connectivity index (χ2n) is 4.98. The Hall–Kier alpha value is -1.75. The first-order chi connectivity index (χ1) is 9.76. The summed E-state index contributed by atoms with van der Waals surface area (Å²) in [7, 11) is 0. The minimum absolute atomic E-state index is 0.0803. The van der Waals surface area contributed by atoms with Crippen LogP contribution in [0.15, 0.2) is 48.0 Å². The zero-order valence-electron chi connectivity index (χ0n) is 11.3. The molecule has 3 rings (SSSR count). The molecule has 0 amide bonds. The quantitative estimate of drug-likeness (QED) is 0.570. The van der Waals surface area contributed by atoms with E-state index in [4.69, 9.17) is 5.84 Å². The maximum Gasteiger partial charge on any atom is 0.0809 e. The van der Waals surface area contributed by atoms with Crippen LogP contribution in [0.1, 0.15) is 22.7 Å². The van der Waals surface area contributed by atoms with Crippen LogP contribution in [0.2, 0.25) is 0 Å². The van der Waals surface area contributed by atoms with Crippen molar-refractivity contribution in [2.24, 2.45) is 5.84 Å². The molecule has 20 heavy (non-hydrogen) atoms. The van der Waals surface area contributed by atoms with Gasteiger partial charge in [0.2, 0.25) is 0 Å². The van der Waals surface area contributed by atoms with E-state index in [2.05, 4.69) is 53.0 Å². The van der Waals surface area contributed by atoms with Crippen molar-refractivity contribution in [1.29, 1.82) is 0 Å². The number of nitrogens with two attached hydrogens (primary N) is 1.